The van der Waals surface area contributed by atoms with Crippen molar-refractivity contribution in [3.8, 4) is 0 Å². The maximum Gasteiger partial charge on any atom is 0.225 e. The fraction of sp³-hybridized carbons (Fsp3) is 0.867. The van der Waals surface area contributed by atoms with Gasteiger partial charge in [-0.25, -0.2) is 0 Å². The van der Waals surface area contributed by atoms with Gasteiger partial charge in [0.25, 0.3) is 0 Å². The molecule has 2 aliphatic heterocycles. The number of nitrogens with one attached hydrogen (secondary N) is 2. The van der Waals surface area contributed by atoms with Crippen molar-refractivity contribution in [3.63, 3.8) is 0 Å². The Balaban J connectivity index is 0.00000220. The van der Waals surface area contributed by atoms with Gasteiger partial charge in [-0.15, -0.1) is 12.4 Å². The highest BCUT2D eigenvalue weighted by Crippen LogP contribution is 2.21. The molecule has 21 heavy (non-hydrogen) atoms. The fourth-order valence-electron chi connectivity index (χ4n) is 3.11. The van der Waals surface area contributed by atoms with Gasteiger partial charge in [-0.1, -0.05) is 6.92 Å². The van der Waals surface area contributed by atoms with Gasteiger partial charge < -0.3 is 15.5 Å². The molecular weight excluding hydrogens is 290 g/mol. The molecule has 1 atom stereocenters. The molecule has 0 aromatic rings. The van der Waals surface area contributed by atoms with E-state index in [-0.39, 0.29) is 36.1 Å². The van der Waals surface area contributed by atoms with Gasteiger partial charge in [0.1, 0.15) is 0 Å². The molecule has 2 rings (SSSR count). The molecule has 0 spiro atoms. The van der Waals surface area contributed by atoms with Crippen LogP contribution in [0, 0.1) is 11.8 Å². The Kier molecular flexibility index (Phi) is 8.04. The molecule has 2 saturated heterocycles. The lowest BCUT2D eigenvalue weighted by atomic mass is 9.92. The van der Waals surface area contributed by atoms with Crippen LogP contribution in [0.4, 0.5) is 0 Å². The topological polar surface area (TPSA) is 61.4 Å². The molecule has 1 unspecified atom stereocenters. The smallest absolute Gasteiger partial charge is 0.225 e. The minimum absolute atomic E-state index is 0. The lowest BCUT2D eigenvalue weighted by Crippen LogP contribution is -2.48. The van der Waals surface area contributed by atoms with Crippen molar-refractivity contribution < 1.29 is 9.59 Å². The lowest BCUT2D eigenvalue weighted by molar-refractivity contribution is -0.140. The highest BCUT2D eigenvalue weighted by atomic mass is 35.5. The minimum Gasteiger partial charge on any atom is -0.356 e. The summed E-state index contributed by atoms with van der Waals surface area (Å²) >= 11 is 0. The van der Waals surface area contributed by atoms with Crippen molar-refractivity contribution in [1.29, 1.82) is 0 Å². The van der Waals surface area contributed by atoms with E-state index in [9.17, 15) is 9.59 Å². The Morgan fingerprint density at radius 1 is 1.19 bits per heavy atom. The third kappa shape index (κ3) is 5.15. The average molecular weight is 318 g/mol. The van der Waals surface area contributed by atoms with E-state index in [1.807, 2.05) is 11.8 Å². The molecule has 122 valence electrons. The van der Waals surface area contributed by atoms with Crippen molar-refractivity contribution in [2.45, 2.75) is 39.0 Å². The number of hydrogen-bond donors (Lipinski definition) is 2. The van der Waals surface area contributed by atoms with Gasteiger partial charge in [-0.2, -0.15) is 0 Å². The summed E-state index contributed by atoms with van der Waals surface area (Å²) in [6.07, 6.45) is 4.67. The maximum absolute atomic E-state index is 12.5. The van der Waals surface area contributed by atoms with Crippen LogP contribution in [0.15, 0.2) is 0 Å². The second kappa shape index (κ2) is 9.26. The number of carbonyl (C=O) groups is 2. The Morgan fingerprint density at radius 3 is 2.57 bits per heavy atom. The largest absolute Gasteiger partial charge is 0.356 e. The van der Waals surface area contributed by atoms with Crippen LogP contribution in [0.25, 0.3) is 0 Å². The van der Waals surface area contributed by atoms with E-state index in [1.54, 1.807) is 0 Å². The van der Waals surface area contributed by atoms with Gasteiger partial charge in [0.05, 0.1) is 5.92 Å². The molecule has 2 N–H and O–H groups in total. The van der Waals surface area contributed by atoms with Crippen molar-refractivity contribution in [3.05, 3.63) is 0 Å². The van der Waals surface area contributed by atoms with E-state index in [0.29, 0.717) is 6.54 Å². The van der Waals surface area contributed by atoms with Crippen LogP contribution in [0.5, 0.6) is 0 Å². The van der Waals surface area contributed by atoms with Gasteiger partial charge in [-0.05, 0) is 45.2 Å². The average Bonchev–Trinajstić information content (AvgIpc) is 2.52. The quantitative estimate of drug-likeness (QED) is 0.818. The number of piperidine rings is 2. The Morgan fingerprint density at radius 2 is 1.90 bits per heavy atom. The minimum atomic E-state index is -0.0130. The van der Waals surface area contributed by atoms with Crippen LogP contribution in [-0.2, 0) is 9.59 Å². The molecular formula is C15H28ClN3O2. The molecule has 2 heterocycles. The third-order valence-electron chi connectivity index (χ3n) is 4.34. The normalized spacial score (nSPS) is 23.3. The molecule has 0 aliphatic carbocycles. The van der Waals surface area contributed by atoms with E-state index in [1.165, 1.54) is 0 Å². The summed E-state index contributed by atoms with van der Waals surface area (Å²) in [5, 5.41) is 6.24. The van der Waals surface area contributed by atoms with Gasteiger partial charge in [-0.3, -0.25) is 9.59 Å². The number of rotatable bonds is 4. The van der Waals surface area contributed by atoms with E-state index >= 15 is 0 Å². The molecule has 2 aliphatic rings. The van der Waals surface area contributed by atoms with Crippen LogP contribution in [0.3, 0.4) is 0 Å². The van der Waals surface area contributed by atoms with E-state index in [4.69, 9.17) is 0 Å². The molecule has 0 radical (unpaired) electrons. The summed E-state index contributed by atoms with van der Waals surface area (Å²) in [6.45, 7) is 6.08. The second-order valence-corrected chi connectivity index (χ2v) is 5.94. The van der Waals surface area contributed by atoms with Crippen LogP contribution >= 0.6 is 12.4 Å². The van der Waals surface area contributed by atoms with Crippen LogP contribution in [0.1, 0.15) is 39.0 Å². The van der Waals surface area contributed by atoms with Crippen LogP contribution in [-0.4, -0.2) is 49.4 Å². The zero-order valence-corrected chi connectivity index (χ0v) is 13.7. The highest BCUT2D eigenvalue weighted by molar-refractivity contribution is 5.85. The molecule has 5 nitrogen and oxygen atoms in total. The summed E-state index contributed by atoms with van der Waals surface area (Å²) < 4.78 is 0. The second-order valence-electron chi connectivity index (χ2n) is 5.94. The van der Waals surface area contributed by atoms with Crippen molar-refractivity contribution in [1.82, 2.24) is 15.5 Å². The number of amides is 2. The molecule has 2 fully saturated rings. The zero-order valence-electron chi connectivity index (χ0n) is 12.9. The standard InChI is InChI=1S/C15H27N3O2.ClH/c1-2-7-17-14(19)13-4-3-10-18(11-13)15(20)12-5-8-16-9-6-12;/h12-13,16H,2-11H2,1H3,(H,17,19);1H. The first-order valence-electron chi connectivity index (χ1n) is 7.99. The van der Waals surface area contributed by atoms with Crippen molar-refractivity contribution in [2.75, 3.05) is 32.7 Å². The Labute approximate surface area is 133 Å². The molecule has 0 aromatic heterocycles. The highest BCUT2D eigenvalue weighted by Gasteiger charge is 2.32. The first-order chi connectivity index (χ1) is 9.72. The summed E-state index contributed by atoms with van der Waals surface area (Å²) in [6, 6.07) is 0. The number of nitrogens with zero attached hydrogens (tertiary/aromatic N) is 1. The first-order valence-corrected chi connectivity index (χ1v) is 7.99. The summed E-state index contributed by atoms with van der Waals surface area (Å²) in [7, 11) is 0. The molecule has 0 aromatic carbocycles. The number of hydrogen-bond acceptors (Lipinski definition) is 3. The van der Waals surface area contributed by atoms with Gasteiger partial charge in [0.2, 0.25) is 11.8 Å². The lowest BCUT2D eigenvalue weighted by Gasteiger charge is -2.35. The summed E-state index contributed by atoms with van der Waals surface area (Å²) in [5.74, 6) is 0.531. The summed E-state index contributed by atoms with van der Waals surface area (Å²) in [5.41, 5.74) is 0. The van der Waals surface area contributed by atoms with Crippen molar-refractivity contribution in [2.24, 2.45) is 11.8 Å². The van der Waals surface area contributed by atoms with Gasteiger partial charge in [0.15, 0.2) is 0 Å². The van der Waals surface area contributed by atoms with Gasteiger partial charge in [0, 0.05) is 25.6 Å². The predicted octanol–water partition coefficient (Wildman–Crippen LogP) is 1.17. The molecule has 2 amide bonds. The van der Waals surface area contributed by atoms with Crippen LogP contribution in [0.2, 0.25) is 0 Å². The molecule has 6 heteroatoms. The first kappa shape index (κ1) is 18.2. The van der Waals surface area contributed by atoms with Crippen LogP contribution < -0.4 is 10.6 Å². The monoisotopic (exact) mass is 317 g/mol. The molecule has 0 saturated carbocycles. The van der Waals surface area contributed by atoms with Gasteiger partial charge >= 0.3 is 0 Å². The number of carbonyl (C=O) groups excluding carboxylic acids is 2. The van der Waals surface area contributed by atoms with Crippen molar-refractivity contribution >= 4 is 24.2 Å². The SMILES string of the molecule is CCCNC(=O)C1CCCN(C(=O)C2CCNCC2)C1.Cl. The predicted molar refractivity (Wildman–Crippen MR) is 85.4 cm³/mol. The zero-order chi connectivity index (χ0) is 14.4. The number of likely N-dealkylation sites (tertiary alicyclic amines) is 1. The third-order valence-corrected chi connectivity index (χ3v) is 4.34. The van der Waals surface area contributed by atoms with E-state index in [0.717, 1.165) is 58.3 Å². The Bertz CT molecular complexity index is 346. The Hall–Kier alpha value is -0.810. The van der Waals surface area contributed by atoms with E-state index in [2.05, 4.69) is 10.6 Å². The van der Waals surface area contributed by atoms with E-state index < -0.39 is 0 Å². The fourth-order valence-corrected chi connectivity index (χ4v) is 3.11. The molecule has 0 bridgehead atoms. The maximum atomic E-state index is 12.5. The number of halogens is 1. The summed E-state index contributed by atoms with van der Waals surface area (Å²) in [4.78, 5) is 26.5.